The van der Waals surface area contributed by atoms with Crippen molar-refractivity contribution >= 4 is 10.3 Å². The molecule has 6 atom stereocenters. The average molecular weight is 394 g/mol. The van der Waals surface area contributed by atoms with Crippen LogP contribution in [0.5, 0.6) is 11.5 Å². The Hall–Kier alpha value is -1.31. The first kappa shape index (κ1) is 17.8. The predicted molar refractivity (Wildman–Crippen MR) is 99.8 cm³/mol. The Balaban J connectivity index is 1.55. The molecule has 5 rings (SSSR count). The zero-order valence-corrected chi connectivity index (χ0v) is 16.6. The number of benzene rings is 1. The van der Waals surface area contributed by atoms with Crippen LogP contribution in [0.4, 0.5) is 0 Å². The highest BCUT2D eigenvalue weighted by Gasteiger charge is 2.76. The quantitative estimate of drug-likeness (QED) is 0.822. The van der Waals surface area contributed by atoms with E-state index < -0.39 is 10.3 Å². The second-order valence-electron chi connectivity index (χ2n) is 9.18. The van der Waals surface area contributed by atoms with Gasteiger partial charge in [0.1, 0.15) is 0 Å². The molecule has 148 valence electrons. The molecule has 0 aliphatic heterocycles. The van der Waals surface area contributed by atoms with E-state index in [1.165, 1.54) is 19.1 Å². The van der Waals surface area contributed by atoms with Gasteiger partial charge in [-0.25, -0.2) is 0 Å². The maximum Gasteiger partial charge on any atom is 0.380 e. The summed E-state index contributed by atoms with van der Waals surface area (Å²) in [4.78, 5) is 0. The lowest BCUT2D eigenvalue weighted by atomic mass is 9.52. The largest absolute Gasteiger partial charge is 0.493 e. The molecule has 6 nitrogen and oxygen atoms in total. The minimum absolute atomic E-state index is 0.0527. The van der Waals surface area contributed by atoms with E-state index in [2.05, 4.69) is 6.92 Å². The van der Waals surface area contributed by atoms with Crippen molar-refractivity contribution in [3.05, 3.63) is 23.3 Å². The molecule has 0 saturated heterocycles. The van der Waals surface area contributed by atoms with Crippen LogP contribution in [0.25, 0.3) is 0 Å². The van der Waals surface area contributed by atoms with Crippen LogP contribution in [0.1, 0.15) is 56.1 Å². The lowest BCUT2D eigenvalue weighted by Crippen LogP contribution is -2.47. The Bertz CT molecular complexity index is 915. The van der Waals surface area contributed by atoms with Crippen molar-refractivity contribution in [3.63, 3.8) is 0 Å². The molecule has 0 aromatic heterocycles. The van der Waals surface area contributed by atoms with Crippen LogP contribution in [-0.4, -0.2) is 26.7 Å². The minimum Gasteiger partial charge on any atom is -0.493 e. The summed E-state index contributed by atoms with van der Waals surface area (Å²) in [6.07, 6.45) is 6.11. The summed E-state index contributed by atoms with van der Waals surface area (Å²) in [6.45, 7) is 2.31. The van der Waals surface area contributed by atoms with E-state index in [1.54, 1.807) is 6.07 Å². The first-order valence-corrected chi connectivity index (χ1v) is 11.3. The van der Waals surface area contributed by atoms with Gasteiger partial charge in [-0.05, 0) is 90.4 Å². The van der Waals surface area contributed by atoms with Crippen LogP contribution >= 0.6 is 0 Å². The molecule has 4 unspecified atom stereocenters. The van der Waals surface area contributed by atoms with Crippen molar-refractivity contribution in [2.45, 2.75) is 57.5 Å². The van der Waals surface area contributed by atoms with Crippen LogP contribution < -0.4 is 14.1 Å². The van der Waals surface area contributed by atoms with Gasteiger partial charge in [0, 0.05) is 0 Å². The molecule has 3 saturated carbocycles. The van der Waals surface area contributed by atoms with Crippen molar-refractivity contribution in [2.24, 2.45) is 27.8 Å². The Morgan fingerprint density at radius 2 is 2.04 bits per heavy atom. The number of ether oxygens (including phenoxy) is 1. The number of aliphatic hydroxyl groups is 1. The summed E-state index contributed by atoms with van der Waals surface area (Å²) < 4.78 is 33.1. The van der Waals surface area contributed by atoms with Crippen molar-refractivity contribution in [2.75, 3.05) is 7.11 Å². The fraction of sp³-hybridized carbons (Fsp3) is 0.700. The maximum atomic E-state index is 11.4. The highest BCUT2D eigenvalue weighted by Crippen LogP contribution is 2.81. The van der Waals surface area contributed by atoms with E-state index in [0.717, 1.165) is 37.7 Å². The zero-order valence-electron chi connectivity index (χ0n) is 15.8. The van der Waals surface area contributed by atoms with Gasteiger partial charge in [0.2, 0.25) is 0 Å². The topological polar surface area (TPSA) is 98.9 Å². The van der Waals surface area contributed by atoms with Gasteiger partial charge in [-0.1, -0.05) is 6.92 Å². The fourth-order valence-corrected chi connectivity index (χ4v) is 7.53. The van der Waals surface area contributed by atoms with E-state index in [9.17, 15) is 13.5 Å². The zero-order chi connectivity index (χ0) is 19.2. The predicted octanol–water partition coefficient (Wildman–Crippen LogP) is 2.49. The number of aliphatic hydroxyl groups excluding tert-OH is 1. The Kier molecular flexibility index (Phi) is 3.55. The Morgan fingerprint density at radius 3 is 2.74 bits per heavy atom. The summed E-state index contributed by atoms with van der Waals surface area (Å²) >= 11 is 0. The molecule has 1 spiro atoms. The van der Waals surface area contributed by atoms with E-state index in [0.29, 0.717) is 23.5 Å². The number of fused-ring (bicyclic) bond motifs is 3. The summed E-state index contributed by atoms with van der Waals surface area (Å²) in [7, 11) is -2.58. The molecule has 0 heterocycles. The van der Waals surface area contributed by atoms with Gasteiger partial charge in [0.15, 0.2) is 11.5 Å². The number of methoxy groups -OCH3 is 1. The van der Waals surface area contributed by atoms with E-state index in [4.69, 9.17) is 14.1 Å². The summed E-state index contributed by atoms with van der Waals surface area (Å²) in [5.41, 5.74) is 2.73. The highest BCUT2D eigenvalue weighted by molar-refractivity contribution is 7.84. The van der Waals surface area contributed by atoms with Gasteiger partial charge in [-0.3, -0.25) is 0 Å². The third kappa shape index (κ3) is 2.28. The number of rotatable bonds is 3. The molecular formula is C20H27NO5S. The second kappa shape index (κ2) is 5.39. The first-order valence-electron chi connectivity index (χ1n) is 9.81. The van der Waals surface area contributed by atoms with E-state index >= 15 is 0 Å². The summed E-state index contributed by atoms with van der Waals surface area (Å²) in [6, 6.07) is 3.74. The molecule has 0 bridgehead atoms. The summed E-state index contributed by atoms with van der Waals surface area (Å²) in [5, 5.41) is 15.7. The Labute approximate surface area is 160 Å². The molecule has 0 amide bonds. The van der Waals surface area contributed by atoms with Gasteiger partial charge >= 0.3 is 10.3 Å². The van der Waals surface area contributed by atoms with Gasteiger partial charge in [-0.2, -0.15) is 13.6 Å². The van der Waals surface area contributed by atoms with Gasteiger partial charge < -0.3 is 14.0 Å². The number of hydrogen-bond donors (Lipinski definition) is 2. The standard InChI is InChI=1S/C20H27NO5S/c1-19-6-5-13-14-9-16(25-2)17(26-27(21,23)24)7-11(14)3-4-15(13)20(19)10-12(20)8-18(19)22/h7,9,12-13,15,18,22H,3-6,8,10H2,1-2H3,(H2,21,23,24)/t12?,13?,15?,18-,19+,20?/m0/s1. The molecule has 0 radical (unpaired) electrons. The van der Waals surface area contributed by atoms with Gasteiger partial charge in [0.25, 0.3) is 0 Å². The molecule has 3 N–H and O–H groups in total. The number of nitrogens with two attached hydrogens (primary N) is 1. The van der Waals surface area contributed by atoms with Crippen molar-refractivity contribution in [1.82, 2.24) is 0 Å². The fourth-order valence-electron chi connectivity index (χ4n) is 7.15. The molecule has 1 aromatic carbocycles. The van der Waals surface area contributed by atoms with Gasteiger partial charge in [0.05, 0.1) is 13.2 Å². The summed E-state index contributed by atoms with van der Waals surface area (Å²) in [5.74, 6) is 2.26. The van der Waals surface area contributed by atoms with Crippen LogP contribution in [-0.2, 0) is 16.7 Å². The normalized spacial score (nSPS) is 41.8. The Morgan fingerprint density at radius 1 is 1.26 bits per heavy atom. The number of hydrogen-bond acceptors (Lipinski definition) is 5. The number of aryl methyl sites for hydroxylation is 1. The molecule has 7 heteroatoms. The molecule has 1 aromatic rings. The van der Waals surface area contributed by atoms with E-state index in [-0.39, 0.29) is 22.7 Å². The highest BCUT2D eigenvalue weighted by atomic mass is 32.2. The van der Waals surface area contributed by atoms with Crippen LogP contribution in [0.2, 0.25) is 0 Å². The van der Waals surface area contributed by atoms with Crippen molar-refractivity contribution in [1.29, 1.82) is 0 Å². The first-order chi connectivity index (χ1) is 12.7. The third-order valence-corrected chi connectivity index (χ3v) is 8.75. The third-order valence-electron chi connectivity index (χ3n) is 8.34. The lowest BCUT2D eigenvalue weighted by Gasteiger charge is -2.52. The molecular weight excluding hydrogens is 366 g/mol. The minimum atomic E-state index is -4.10. The van der Waals surface area contributed by atoms with E-state index in [1.807, 2.05) is 6.07 Å². The lowest BCUT2D eigenvalue weighted by molar-refractivity contribution is -0.0558. The smallest absolute Gasteiger partial charge is 0.380 e. The van der Waals surface area contributed by atoms with Crippen LogP contribution in [0.3, 0.4) is 0 Å². The van der Waals surface area contributed by atoms with Crippen molar-refractivity contribution < 1.29 is 22.4 Å². The van der Waals surface area contributed by atoms with Crippen molar-refractivity contribution in [3.8, 4) is 11.5 Å². The van der Waals surface area contributed by atoms with Gasteiger partial charge in [-0.15, -0.1) is 0 Å². The van der Waals surface area contributed by atoms with Crippen LogP contribution in [0, 0.1) is 22.7 Å². The monoisotopic (exact) mass is 393 g/mol. The maximum absolute atomic E-state index is 11.4. The second-order valence-corrected chi connectivity index (χ2v) is 10.3. The molecule has 27 heavy (non-hydrogen) atoms. The molecule has 4 aliphatic rings. The molecule has 3 fully saturated rings. The van der Waals surface area contributed by atoms with Crippen LogP contribution in [0.15, 0.2) is 12.1 Å². The molecule has 4 aliphatic carbocycles. The average Bonchev–Trinajstić information content (AvgIpc) is 3.25. The SMILES string of the molecule is COc1cc2c(cc1OS(N)(=O)=O)CCC1C2CC[C@]2(C)[C@@H](O)CC3CC312.